The van der Waals surface area contributed by atoms with E-state index < -0.39 is 0 Å². The summed E-state index contributed by atoms with van der Waals surface area (Å²) in [7, 11) is 0. The van der Waals surface area contributed by atoms with Gasteiger partial charge in [0.2, 0.25) is 0 Å². The maximum atomic E-state index is 5.10. The standard InChI is InChI=1S/C50H34N4/c1-4-15-35(16-5-1)41-31-42(36-26-28-37(29-27-36)48-49(38-17-6-2-7-18-38)53-30-13-12-25-47(53)52-48)33-43(32-41)40-21-14-22-44(34-40)54-46-24-11-10-23-45(46)51-50(54)39-19-8-3-9-20-39/h1-34H. The summed E-state index contributed by atoms with van der Waals surface area (Å²) < 4.78 is 4.45. The molecule has 0 unspecified atom stereocenters. The van der Waals surface area contributed by atoms with Crippen molar-refractivity contribution in [2.45, 2.75) is 0 Å². The Morgan fingerprint density at radius 2 is 0.907 bits per heavy atom. The molecule has 0 atom stereocenters. The zero-order chi connectivity index (χ0) is 35.8. The van der Waals surface area contributed by atoms with Gasteiger partial charge in [0, 0.05) is 28.6 Å². The monoisotopic (exact) mass is 690 g/mol. The Hall–Kier alpha value is -7.30. The lowest BCUT2D eigenvalue weighted by Gasteiger charge is -2.14. The molecule has 0 aliphatic heterocycles. The van der Waals surface area contributed by atoms with Gasteiger partial charge in [-0.3, -0.25) is 8.97 Å². The summed E-state index contributed by atoms with van der Waals surface area (Å²) in [5.74, 6) is 0.925. The highest BCUT2D eigenvalue weighted by atomic mass is 15.1. The summed E-state index contributed by atoms with van der Waals surface area (Å²) >= 11 is 0. The quantitative estimate of drug-likeness (QED) is 0.167. The van der Waals surface area contributed by atoms with Crippen LogP contribution in [0.3, 0.4) is 0 Å². The third-order valence-corrected chi connectivity index (χ3v) is 10.1. The van der Waals surface area contributed by atoms with Gasteiger partial charge in [-0.1, -0.05) is 146 Å². The first kappa shape index (κ1) is 31.4. The highest BCUT2D eigenvalue weighted by Gasteiger charge is 2.18. The van der Waals surface area contributed by atoms with Gasteiger partial charge in [-0.2, -0.15) is 0 Å². The average Bonchev–Trinajstić information content (AvgIpc) is 3.84. The van der Waals surface area contributed by atoms with Crippen molar-refractivity contribution >= 4 is 16.7 Å². The van der Waals surface area contributed by atoms with Crippen LogP contribution in [0.2, 0.25) is 0 Å². The molecule has 0 fully saturated rings. The minimum absolute atomic E-state index is 0.925. The van der Waals surface area contributed by atoms with Gasteiger partial charge in [-0.25, -0.2) is 9.97 Å². The number of imidazole rings is 2. The van der Waals surface area contributed by atoms with Gasteiger partial charge < -0.3 is 0 Å². The number of benzene rings is 7. The number of pyridine rings is 1. The smallest absolute Gasteiger partial charge is 0.145 e. The van der Waals surface area contributed by atoms with E-state index in [4.69, 9.17) is 9.97 Å². The second-order valence-corrected chi connectivity index (χ2v) is 13.5. The average molecular weight is 691 g/mol. The van der Waals surface area contributed by atoms with Gasteiger partial charge in [-0.15, -0.1) is 0 Å². The summed E-state index contributed by atoms with van der Waals surface area (Å²) in [6.45, 7) is 0. The van der Waals surface area contributed by atoms with E-state index in [0.717, 1.165) is 78.5 Å². The largest absolute Gasteiger partial charge is 0.299 e. The van der Waals surface area contributed by atoms with Gasteiger partial charge in [0.25, 0.3) is 0 Å². The van der Waals surface area contributed by atoms with E-state index in [-0.39, 0.29) is 0 Å². The van der Waals surface area contributed by atoms with Crippen molar-refractivity contribution in [2.75, 3.05) is 0 Å². The molecular weight excluding hydrogens is 657 g/mol. The molecule has 0 amide bonds. The minimum atomic E-state index is 0.925. The summed E-state index contributed by atoms with van der Waals surface area (Å²) in [5.41, 5.74) is 16.3. The summed E-state index contributed by atoms with van der Waals surface area (Å²) in [4.78, 5) is 10.2. The molecule has 0 aliphatic carbocycles. The van der Waals surface area contributed by atoms with Crippen LogP contribution in [0.4, 0.5) is 0 Å². The zero-order valence-electron chi connectivity index (χ0n) is 29.4. The molecule has 4 heteroatoms. The highest BCUT2D eigenvalue weighted by Crippen LogP contribution is 2.37. The number of hydrogen-bond acceptors (Lipinski definition) is 2. The Kier molecular flexibility index (Phi) is 7.77. The lowest BCUT2D eigenvalue weighted by Crippen LogP contribution is -1.98. The highest BCUT2D eigenvalue weighted by molar-refractivity contribution is 5.87. The van der Waals surface area contributed by atoms with Crippen molar-refractivity contribution in [1.29, 1.82) is 0 Å². The van der Waals surface area contributed by atoms with Crippen LogP contribution < -0.4 is 0 Å². The van der Waals surface area contributed by atoms with Crippen molar-refractivity contribution in [3.8, 4) is 73.0 Å². The molecule has 254 valence electrons. The summed E-state index contributed by atoms with van der Waals surface area (Å²) in [6.07, 6.45) is 2.09. The number of nitrogens with zero attached hydrogens (tertiary/aromatic N) is 4. The third kappa shape index (κ3) is 5.67. The van der Waals surface area contributed by atoms with Gasteiger partial charge in [-0.05, 0) is 88.0 Å². The molecule has 0 spiro atoms. The first-order chi connectivity index (χ1) is 26.8. The molecule has 54 heavy (non-hydrogen) atoms. The van der Waals surface area contributed by atoms with Crippen molar-refractivity contribution < 1.29 is 0 Å². The first-order valence-electron chi connectivity index (χ1n) is 18.2. The number of hydrogen-bond donors (Lipinski definition) is 0. The lowest BCUT2D eigenvalue weighted by atomic mass is 9.92. The van der Waals surface area contributed by atoms with Crippen molar-refractivity contribution in [2.24, 2.45) is 0 Å². The number of fused-ring (bicyclic) bond motifs is 2. The minimum Gasteiger partial charge on any atom is -0.299 e. The summed E-state index contributed by atoms with van der Waals surface area (Å²) in [5, 5.41) is 0. The molecule has 3 heterocycles. The number of para-hydroxylation sites is 2. The first-order valence-corrected chi connectivity index (χ1v) is 18.2. The molecule has 0 bridgehead atoms. The molecule has 0 N–H and O–H groups in total. The molecule has 7 aromatic carbocycles. The zero-order valence-corrected chi connectivity index (χ0v) is 29.4. The molecule has 0 saturated carbocycles. The molecule has 0 aliphatic rings. The van der Waals surface area contributed by atoms with Crippen LogP contribution in [0.1, 0.15) is 0 Å². The summed E-state index contributed by atoms with van der Waals surface area (Å²) in [6, 6.07) is 70.7. The van der Waals surface area contributed by atoms with Crippen molar-refractivity contribution in [3.63, 3.8) is 0 Å². The van der Waals surface area contributed by atoms with Crippen molar-refractivity contribution in [3.05, 3.63) is 206 Å². The van der Waals surface area contributed by atoms with Crippen LogP contribution in [0.25, 0.3) is 89.7 Å². The molecule has 3 aromatic heterocycles. The molecule has 0 saturated heterocycles. The van der Waals surface area contributed by atoms with Crippen molar-refractivity contribution in [1.82, 2.24) is 18.9 Å². The Labute approximate surface area is 313 Å². The molecule has 4 nitrogen and oxygen atoms in total. The fraction of sp³-hybridized carbons (Fsp3) is 0. The van der Waals surface area contributed by atoms with E-state index in [1.807, 2.05) is 18.2 Å². The fourth-order valence-corrected chi connectivity index (χ4v) is 7.54. The molecule has 10 rings (SSSR count). The maximum absolute atomic E-state index is 5.10. The molecule has 0 radical (unpaired) electrons. The predicted molar refractivity (Wildman–Crippen MR) is 222 cm³/mol. The van der Waals surface area contributed by atoms with Crippen LogP contribution in [-0.4, -0.2) is 18.9 Å². The van der Waals surface area contributed by atoms with E-state index in [0.29, 0.717) is 0 Å². The normalized spacial score (nSPS) is 11.3. The Bertz CT molecular complexity index is 2910. The van der Waals surface area contributed by atoms with E-state index in [1.54, 1.807) is 0 Å². The van der Waals surface area contributed by atoms with E-state index >= 15 is 0 Å². The van der Waals surface area contributed by atoms with Gasteiger partial charge in [0.1, 0.15) is 11.5 Å². The Morgan fingerprint density at radius 1 is 0.352 bits per heavy atom. The molecular formula is C50H34N4. The van der Waals surface area contributed by atoms with E-state index in [2.05, 4.69) is 197 Å². The lowest BCUT2D eigenvalue weighted by molar-refractivity contribution is 1.10. The van der Waals surface area contributed by atoms with Gasteiger partial charge >= 0.3 is 0 Å². The van der Waals surface area contributed by atoms with Gasteiger partial charge in [0.15, 0.2) is 0 Å². The second-order valence-electron chi connectivity index (χ2n) is 13.5. The predicted octanol–water partition coefficient (Wildman–Crippen LogP) is 12.7. The van der Waals surface area contributed by atoms with E-state index in [9.17, 15) is 0 Å². The number of rotatable bonds is 7. The van der Waals surface area contributed by atoms with Crippen LogP contribution in [-0.2, 0) is 0 Å². The topological polar surface area (TPSA) is 35.1 Å². The molecule has 10 aromatic rings. The SMILES string of the molecule is c1ccc(-c2cc(-c3ccc(-c4nc5ccccn5c4-c4ccccc4)cc3)cc(-c3cccc(-n4c(-c5ccccc5)nc5ccccc54)c3)c2)cc1. The number of aromatic nitrogens is 4. The maximum Gasteiger partial charge on any atom is 0.145 e. The fourth-order valence-electron chi connectivity index (χ4n) is 7.54. The van der Waals surface area contributed by atoms with Gasteiger partial charge in [0.05, 0.1) is 22.4 Å². The van der Waals surface area contributed by atoms with Crippen LogP contribution in [0, 0.1) is 0 Å². The van der Waals surface area contributed by atoms with E-state index in [1.165, 1.54) is 11.1 Å². The Balaban J connectivity index is 1.09. The van der Waals surface area contributed by atoms with Crippen LogP contribution in [0.15, 0.2) is 206 Å². The third-order valence-electron chi connectivity index (χ3n) is 10.1. The Morgan fingerprint density at radius 3 is 1.63 bits per heavy atom. The van der Waals surface area contributed by atoms with Crippen LogP contribution >= 0.6 is 0 Å². The second kappa shape index (κ2) is 13.4. The van der Waals surface area contributed by atoms with Crippen LogP contribution in [0.5, 0.6) is 0 Å².